The number of nitrogen functional groups attached to an aromatic ring is 1. The maximum absolute atomic E-state index is 5.82. The number of anilines is 2. The molecule has 1 aromatic heterocycles. The molecule has 2 aliphatic rings. The standard InChI is InChI=1S/C12H19N5/c1-9-11(13)14-8-15-12(9)17-6-4-16(5-7-17)10-2-3-10/h8,10H,2-7H2,1H3,(H2,13,14,15). The van der Waals surface area contributed by atoms with Gasteiger partial charge in [0.1, 0.15) is 18.0 Å². The molecule has 0 unspecified atom stereocenters. The van der Waals surface area contributed by atoms with Crippen LogP contribution in [0.4, 0.5) is 11.6 Å². The van der Waals surface area contributed by atoms with E-state index in [9.17, 15) is 0 Å². The monoisotopic (exact) mass is 233 g/mol. The molecular weight excluding hydrogens is 214 g/mol. The Hall–Kier alpha value is -1.36. The molecule has 2 heterocycles. The molecule has 0 radical (unpaired) electrons. The average Bonchev–Trinajstić information content (AvgIpc) is 3.17. The number of nitrogens with zero attached hydrogens (tertiary/aromatic N) is 4. The van der Waals surface area contributed by atoms with Gasteiger partial charge in [0, 0.05) is 37.8 Å². The van der Waals surface area contributed by atoms with Crippen LogP contribution in [-0.4, -0.2) is 47.1 Å². The topological polar surface area (TPSA) is 58.3 Å². The van der Waals surface area contributed by atoms with E-state index in [0.717, 1.165) is 43.6 Å². The van der Waals surface area contributed by atoms with Crippen molar-refractivity contribution in [2.75, 3.05) is 36.8 Å². The highest BCUT2D eigenvalue weighted by molar-refractivity contribution is 5.55. The van der Waals surface area contributed by atoms with Crippen molar-refractivity contribution in [3.63, 3.8) is 0 Å². The van der Waals surface area contributed by atoms with Gasteiger partial charge in [0.25, 0.3) is 0 Å². The fourth-order valence-corrected chi connectivity index (χ4v) is 2.51. The van der Waals surface area contributed by atoms with Gasteiger partial charge in [-0.05, 0) is 19.8 Å². The van der Waals surface area contributed by atoms with Gasteiger partial charge in [0.05, 0.1) is 0 Å². The van der Waals surface area contributed by atoms with Crippen molar-refractivity contribution >= 4 is 11.6 Å². The molecule has 1 aliphatic carbocycles. The van der Waals surface area contributed by atoms with E-state index in [2.05, 4.69) is 19.8 Å². The van der Waals surface area contributed by atoms with Gasteiger partial charge in [-0.1, -0.05) is 0 Å². The lowest BCUT2D eigenvalue weighted by atomic mass is 10.2. The second-order valence-electron chi connectivity index (χ2n) is 4.96. The molecule has 2 N–H and O–H groups in total. The first-order chi connectivity index (χ1) is 8.25. The smallest absolute Gasteiger partial charge is 0.137 e. The molecule has 0 aromatic carbocycles. The van der Waals surface area contributed by atoms with Crippen LogP contribution in [0.25, 0.3) is 0 Å². The summed E-state index contributed by atoms with van der Waals surface area (Å²) in [5.74, 6) is 1.60. The Kier molecular flexibility index (Phi) is 2.63. The van der Waals surface area contributed by atoms with E-state index >= 15 is 0 Å². The van der Waals surface area contributed by atoms with Crippen molar-refractivity contribution in [2.24, 2.45) is 0 Å². The Morgan fingerprint density at radius 3 is 2.53 bits per heavy atom. The number of aromatic nitrogens is 2. The highest BCUT2D eigenvalue weighted by atomic mass is 15.3. The van der Waals surface area contributed by atoms with Crippen LogP contribution in [0.3, 0.4) is 0 Å². The third-order valence-corrected chi connectivity index (χ3v) is 3.77. The molecule has 0 atom stereocenters. The minimum Gasteiger partial charge on any atom is -0.383 e. The van der Waals surface area contributed by atoms with E-state index in [1.165, 1.54) is 12.8 Å². The third-order valence-electron chi connectivity index (χ3n) is 3.77. The molecule has 92 valence electrons. The third kappa shape index (κ3) is 2.07. The molecule has 0 amide bonds. The van der Waals surface area contributed by atoms with Gasteiger partial charge in [-0.3, -0.25) is 4.90 Å². The summed E-state index contributed by atoms with van der Waals surface area (Å²) in [6.07, 6.45) is 4.34. The van der Waals surface area contributed by atoms with Crippen molar-refractivity contribution in [1.29, 1.82) is 0 Å². The van der Waals surface area contributed by atoms with Gasteiger partial charge in [-0.25, -0.2) is 9.97 Å². The summed E-state index contributed by atoms with van der Waals surface area (Å²) in [6, 6.07) is 0.869. The van der Waals surface area contributed by atoms with Crippen molar-refractivity contribution in [3.05, 3.63) is 11.9 Å². The van der Waals surface area contributed by atoms with Crippen LogP contribution in [0.5, 0.6) is 0 Å². The van der Waals surface area contributed by atoms with E-state index in [-0.39, 0.29) is 0 Å². The Morgan fingerprint density at radius 1 is 1.18 bits per heavy atom. The number of piperazine rings is 1. The van der Waals surface area contributed by atoms with Crippen molar-refractivity contribution in [2.45, 2.75) is 25.8 Å². The van der Waals surface area contributed by atoms with Crippen molar-refractivity contribution in [1.82, 2.24) is 14.9 Å². The maximum atomic E-state index is 5.82. The van der Waals surface area contributed by atoms with E-state index < -0.39 is 0 Å². The first kappa shape index (κ1) is 10.8. The second kappa shape index (κ2) is 4.14. The first-order valence-electron chi connectivity index (χ1n) is 6.32. The molecule has 1 aliphatic heterocycles. The van der Waals surface area contributed by atoms with Crippen molar-refractivity contribution in [3.8, 4) is 0 Å². The molecule has 0 spiro atoms. The molecule has 1 saturated carbocycles. The molecule has 3 rings (SSSR count). The number of rotatable bonds is 2. The lowest BCUT2D eigenvalue weighted by molar-refractivity contribution is 0.247. The van der Waals surface area contributed by atoms with E-state index in [0.29, 0.717) is 5.82 Å². The molecule has 0 bridgehead atoms. The average molecular weight is 233 g/mol. The number of hydrogen-bond acceptors (Lipinski definition) is 5. The summed E-state index contributed by atoms with van der Waals surface area (Å²) < 4.78 is 0. The Morgan fingerprint density at radius 2 is 1.88 bits per heavy atom. The zero-order valence-corrected chi connectivity index (χ0v) is 10.3. The van der Waals surface area contributed by atoms with Crippen molar-refractivity contribution < 1.29 is 0 Å². The number of hydrogen-bond donors (Lipinski definition) is 1. The minimum atomic E-state index is 0.597. The Labute approximate surface area is 102 Å². The van der Waals surface area contributed by atoms with Gasteiger partial charge >= 0.3 is 0 Å². The molecule has 5 heteroatoms. The zero-order valence-electron chi connectivity index (χ0n) is 10.3. The molecule has 17 heavy (non-hydrogen) atoms. The Balaban J connectivity index is 1.71. The predicted molar refractivity (Wildman–Crippen MR) is 68.0 cm³/mol. The van der Waals surface area contributed by atoms with Crippen LogP contribution >= 0.6 is 0 Å². The lowest BCUT2D eigenvalue weighted by Crippen LogP contribution is -2.47. The molecule has 5 nitrogen and oxygen atoms in total. The first-order valence-corrected chi connectivity index (χ1v) is 6.32. The van der Waals surface area contributed by atoms with Crippen LogP contribution in [0, 0.1) is 6.92 Å². The predicted octanol–water partition coefficient (Wildman–Crippen LogP) is 0.652. The summed E-state index contributed by atoms with van der Waals surface area (Å²) in [5.41, 5.74) is 6.83. The van der Waals surface area contributed by atoms with Gasteiger partial charge in [-0.2, -0.15) is 0 Å². The van der Waals surface area contributed by atoms with Crippen LogP contribution in [0.15, 0.2) is 6.33 Å². The van der Waals surface area contributed by atoms with E-state index in [1.807, 2.05) is 6.92 Å². The summed E-state index contributed by atoms with van der Waals surface area (Å²) in [4.78, 5) is 13.3. The molecule has 2 fully saturated rings. The normalized spacial score (nSPS) is 21.8. The van der Waals surface area contributed by atoms with Crippen LogP contribution < -0.4 is 10.6 Å². The van der Waals surface area contributed by atoms with E-state index in [1.54, 1.807) is 6.33 Å². The summed E-state index contributed by atoms with van der Waals surface area (Å²) >= 11 is 0. The highest BCUT2D eigenvalue weighted by Crippen LogP contribution is 2.29. The zero-order chi connectivity index (χ0) is 11.8. The minimum absolute atomic E-state index is 0.597. The summed E-state index contributed by atoms with van der Waals surface area (Å²) in [6.45, 7) is 6.39. The second-order valence-corrected chi connectivity index (χ2v) is 4.96. The largest absolute Gasteiger partial charge is 0.383 e. The van der Waals surface area contributed by atoms with E-state index in [4.69, 9.17) is 5.73 Å². The summed E-state index contributed by atoms with van der Waals surface area (Å²) in [5, 5.41) is 0. The SMILES string of the molecule is Cc1c(N)ncnc1N1CCN(C2CC2)CC1. The summed E-state index contributed by atoms with van der Waals surface area (Å²) in [7, 11) is 0. The van der Waals surface area contributed by atoms with Gasteiger partial charge < -0.3 is 10.6 Å². The highest BCUT2D eigenvalue weighted by Gasteiger charge is 2.31. The molecular formula is C12H19N5. The lowest BCUT2D eigenvalue weighted by Gasteiger charge is -2.36. The fraction of sp³-hybridized carbons (Fsp3) is 0.667. The Bertz CT molecular complexity index is 407. The number of nitrogens with two attached hydrogens (primary N) is 1. The van der Waals surface area contributed by atoms with Gasteiger partial charge in [0.15, 0.2) is 0 Å². The fourth-order valence-electron chi connectivity index (χ4n) is 2.51. The van der Waals surface area contributed by atoms with Crippen LogP contribution in [-0.2, 0) is 0 Å². The van der Waals surface area contributed by atoms with Crippen LogP contribution in [0.1, 0.15) is 18.4 Å². The quantitative estimate of drug-likeness (QED) is 0.813. The van der Waals surface area contributed by atoms with Gasteiger partial charge in [0.2, 0.25) is 0 Å². The molecule has 1 saturated heterocycles. The van der Waals surface area contributed by atoms with Gasteiger partial charge in [-0.15, -0.1) is 0 Å². The maximum Gasteiger partial charge on any atom is 0.137 e. The molecule has 1 aromatic rings. The van der Waals surface area contributed by atoms with Crippen LogP contribution in [0.2, 0.25) is 0 Å².